The monoisotopic (exact) mass is 214 g/mol. The number of ether oxygens (including phenoxy) is 1. The van der Waals surface area contributed by atoms with Gasteiger partial charge in [-0.25, -0.2) is 0 Å². The molecule has 80 valence electrons. The summed E-state index contributed by atoms with van der Waals surface area (Å²) in [4.78, 5) is 16.5. The van der Waals surface area contributed by atoms with E-state index >= 15 is 0 Å². The molecule has 0 amide bonds. The first-order chi connectivity index (χ1) is 7.81. The lowest BCUT2D eigenvalue weighted by atomic mass is 10.2. The number of fused-ring (bicyclic) bond motifs is 2. The van der Waals surface area contributed by atoms with Crippen molar-refractivity contribution in [1.29, 1.82) is 0 Å². The van der Waals surface area contributed by atoms with Crippen molar-refractivity contribution >= 4 is 10.9 Å². The minimum absolute atomic E-state index is 0.0667. The molecule has 0 fully saturated rings. The van der Waals surface area contributed by atoms with Gasteiger partial charge in [-0.15, -0.1) is 6.58 Å². The highest BCUT2D eigenvalue weighted by molar-refractivity contribution is 5.77. The first-order valence-electron chi connectivity index (χ1n) is 5.08. The van der Waals surface area contributed by atoms with E-state index in [4.69, 9.17) is 4.74 Å². The summed E-state index contributed by atoms with van der Waals surface area (Å²) in [6, 6.07) is 7.54. The number of hydrogen-bond acceptors (Lipinski definition) is 3. The van der Waals surface area contributed by atoms with Crippen molar-refractivity contribution in [2.24, 2.45) is 0 Å². The fraction of sp³-hybridized carbons (Fsp3) is 0.167. The molecule has 4 heteroatoms. The molecule has 1 aliphatic heterocycles. The van der Waals surface area contributed by atoms with Crippen LogP contribution in [0.2, 0.25) is 0 Å². The minimum Gasteiger partial charge on any atom is -0.462 e. The van der Waals surface area contributed by atoms with E-state index in [2.05, 4.69) is 11.6 Å². The van der Waals surface area contributed by atoms with E-state index in [1.807, 2.05) is 18.2 Å². The Hall–Kier alpha value is -2.10. The van der Waals surface area contributed by atoms with E-state index in [-0.39, 0.29) is 11.6 Å². The van der Waals surface area contributed by atoms with Crippen LogP contribution in [0.1, 0.15) is 6.04 Å². The summed E-state index contributed by atoms with van der Waals surface area (Å²) in [6.45, 7) is 4.13. The highest BCUT2D eigenvalue weighted by atomic mass is 16.5. The van der Waals surface area contributed by atoms with E-state index in [9.17, 15) is 4.79 Å². The van der Waals surface area contributed by atoms with Crippen molar-refractivity contribution in [1.82, 2.24) is 9.55 Å². The molecule has 0 N–H and O–H groups in total. The van der Waals surface area contributed by atoms with E-state index in [1.54, 1.807) is 16.7 Å². The highest BCUT2D eigenvalue weighted by Crippen LogP contribution is 2.23. The molecule has 0 aliphatic carbocycles. The van der Waals surface area contributed by atoms with Gasteiger partial charge < -0.3 is 4.74 Å². The smallest absolute Gasteiger partial charge is 0.300 e. The maximum absolute atomic E-state index is 12.2. The molecule has 0 saturated carbocycles. The van der Waals surface area contributed by atoms with Gasteiger partial charge in [-0.1, -0.05) is 18.2 Å². The van der Waals surface area contributed by atoms with Crippen LogP contribution in [0.3, 0.4) is 0 Å². The van der Waals surface area contributed by atoms with Gasteiger partial charge in [0.05, 0.1) is 16.9 Å². The molecule has 16 heavy (non-hydrogen) atoms. The molecule has 1 aromatic carbocycles. The second-order valence-corrected chi connectivity index (χ2v) is 3.70. The third-order valence-electron chi connectivity index (χ3n) is 2.76. The molecule has 0 spiro atoms. The standard InChI is InChI=1S/C12H10N2O2/c1-2-8-7-16-12-13-10-6-4-3-5-9(10)11(15)14(8)12/h2-6,8H,1,7H2. The lowest BCUT2D eigenvalue weighted by Gasteiger charge is -2.06. The molecule has 0 radical (unpaired) electrons. The minimum atomic E-state index is -0.111. The average molecular weight is 214 g/mol. The number of hydrogen-bond donors (Lipinski definition) is 0. The molecule has 0 saturated heterocycles. The predicted octanol–water partition coefficient (Wildman–Crippen LogP) is 1.52. The normalized spacial score (nSPS) is 18.1. The topological polar surface area (TPSA) is 44.1 Å². The van der Waals surface area contributed by atoms with Gasteiger partial charge in [-0.3, -0.25) is 9.36 Å². The highest BCUT2D eigenvalue weighted by Gasteiger charge is 2.24. The quantitative estimate of drug-likeness (QED) is 0.676. The molecular weight excluding hydrogens is 204 g/mol. The summed E-state index contributed by atoms with van der Waals surface area (Å²) in [5, 5.41) is 0.614. The number of nitrogens with zero attached hydrogens (tertiary/aromatic N) is 2. The van der Waals surface area contributed by atoms with E-state index in [0.29, 0.717) is 23.5 Å². The molecule has 2 heterocycles. The zero-order chi connectivity index (χ0) is 11.1. The molecule has 1 unspecified atom stereocenters. The van der Waals surface area contributed by atoms with Gasteiger partial charge in [0, 0.05) is 0 Å². The third-order valence-corrected chi connectivity index (χ3v) is 2.76. The second kappa shape index (κ2) is 3.20. The molecule has 4 nitrogen and oxygen atoms in total. The lowest BCUT2D eigenvalue weighted by Crippen LogP contribution is -2.21. The van der Waals surface area contributed by atoms with Crippen LogP contribution < -0.4 is 10.3 Å². The summed E-state index contributed by atoms with van der Waals surface area (Å²) in [5.74, 6) is 0. The summed E-state index contributed by atoms with van der Waals surface area (Å²) < 4.78 is 6.92. The predicted molar refractivity (Wildman–Crippen MR) is 60.7 cm³/mol. The van der Waals surface area contributed by atoms with Crippen LogP contribution in [0.4, 0.5) is 0 Å². The number of para-hydroxylation sites is 1. The summed E-state index contributed by atoms with van der Waals surface area (Å²) >= 11 is 0. The van der Waals surface area contributed by atoms with Gasteiger partial charge in [-0.2, -0.15) is 4.98 Å². The molecular formula is C12H10N2O2. The number of rotatable bonds is 1. The molecule has 2 aromatic rings. The fourth-order valence-corrected chi connectivity index (χ4v) is 1.93. The van der Waals surface area contributed by atoms with Gasteiger partial charge in [0.2, 0.25) is 0 Å². The molecule has 3 rings (SSSR count). The van der Waals surface area contributed by atoms with Crippen molar-refractivity contribution in [3.05, 3.63) is 47.3 Å². The zero-order valence-corrected chi connectivity index (χ0v) is 8.59. The molecule has 1 aliphatic rings. The second-order valence-electron chi connectivity index (χ2n) is 3.70. The lowest BCUT2D eigenvalue weighted by molar-refractivity contribution is 0.335. The first-order valence-corrected chi connectivity index (χ1v) is 5.08. The molecule has 1 atom stereocenters. The van der Waals surface area contributed by atoms with Crippen molar-refractivity contribution in [2.45, 2.75) is 6.04 Å². The van der Waals surface area contributed by atoms with Crippen LogP contribution in [0.5, 0.6) is 6.01 Å². The van der Waals surface area contributed by atoms with Gasteiger partial charge >= 0.3 is 6.01 Å². The first kappa shape index (κ1) is 9.15. The van der Waals surface area contributed by atoms with E-state index in [1.165, 1.54) is 0 Å². The van der Waals surface area contributed by atoms with Crippen LogP contribution in [0, 0.1) is 0 Å². The fourth-order valence-electron chi connectivity index (χ4n) is 1.93. The maximum Gasteiger partial charge on any atom is 0.300 e. The molecule has 1 aromatic heterocycles. The Balaban J connectivity index is 2.42. The van der Waals surface area contributed by atoms with Gasteiger partial charge in [-0.05, 0) is 12.1 Å². The largest absolute Gasteiger partial charge is 0.462 e. The number of benzene rings is 1. The summed E-state index contributed by atoms with van der Waals surface area (Å²) in [7, 11) is 0. The van der Waals surface area contributed by atoms with Crippen LogP contribution in [0.15, 0.2) is 41.7 Å². The van der Waals surface area contributed by atoms with E-state index in [0.717, 1.165) is 0 Å². The SMILES string of the molecule is C=CC1COc2nc3ccccc3c(=O)n21. The van der Waals surface area contributed by atoms with Crippen LogP contribution in [0.25, 0.3) is 10.9 Å². The Morgan fingerprint density at radius 2 is 2.31 bits per heavy atom. The Morgan fingerprint density at radius 1 is 1.50 bits per heavy atom. The van der Waals surface area contributed by atoms with Crippen molar-refractivity contribution in [3.8, 4) is 6.01 Å². The summed E-state index contributed by atoms with van der Waals surface area (Å²) in [5.41, 5.74) is 0.603. The van der Waals surface area contributed by atoms with Crippen LogP contribution >= 0.6 is 0 Å². The third kappa shape index (κ3) is 1.10. The van der Waals surface area contributed by atoms with Gasteiger partial charge in [0.25, 0.3) is 5.56 Å². The average Bonchev–Trinajstić information content (AvgIpc) is 2.72. The van der Waals surface area contributed by atoms with Gasteiger partial charge in [0.15, 0.2) is 0 Å². The van der Waals surface area contributed by atoms with E-state index < -0.39 is 0 Å². The van der Waals surface area contributed by atoms with Crippen molar-refractivity contribution in [3.63, 3.8) is 0 Å². The molecule has 0 bridgehead atoms. The Bertz CT molecular complexity index is 630. The van der Waals surface area contributed by atoms with Crippen molar-refractivity contribution < 1.29 is 4.74 Å². The van der Waals surface area contributed by atoms with Crippen LogP contribution in [-0.2, 0) is 0 Å². The Labute approximate surface area is 91.8 Å². The van der Waals surface area contributed by atoms with Crippen molar-refractivity contribution in [2.75, 3.05) is 6.61 Å². The Kier molecular flexibility index (Phi) is 1.83. The van der Waals surface area contributed by atoms with Gasteiger partial charge in [0.1, 0.15) is 6.61 Å². The zero-order valence-electron chi connectivity index (χ0n) is 8.59. The number of aromatic nitrogens is 2. The Morgan fingerprint density at radius 3 is 3.12 bits per heavy atom. The summed E-state index contributed by atoms with van der Waals surface area (Å²) in [6.07, 6.45) is 1.70. The maximum atomic E-state index is 12.2. The van der Waals surface area contributed by atoms with Crippen LogP contribution in [-0.4, -0.2) is 16.2 Å².